The normalized spacial score (nSPS) is 15.1. The van der Waals surface area contributed by atoms with Crippen LogP contribution in [0.2, 0.25) is 0 Å². The van der Waals surface area contributed by atoms with E-state index in [1.807, 2.05) is 11.8 Å². The molecule has 1 unspecified atom stereocenters. The van der Waals surface area contributed by atoms with E-state index >= 15 is 0 Å². The number of rotatable bonds is 3. The van der Waals surface area contributed by atoms with Crippen molar-refractivity contribution in [3.8, 4) is 27.9 Å². The molecule has 1 aliphatic heterocycles. The van der Waals surface area contributed by atoms with Crippen molar-refractivity contribution < 1.29 is 0 Å². The molecule has 1 aromatic heterocycles. The van der Waals surface area contributed by atoms with Crippen molar-refractivity contribution >= 4 is 39.6 Å². The summed E-state index contributed by atoms with van der Waals surface area (Å²) in [5.41, 5.74) is 13.0. The van der Waals surface area contributed by atoms with E-state index in [0.29, 0.717) is 5.92 Å². The SMILES string of the molecule is C1=Cc2cccc3c2C(C1)c1cc(-c2cccc(-c4ccc5c6ccccc6n(-c6ccccc6)c5c4)c2)ccc1S3. The first-order valence-corrected chi connectivity index (χ1v) is 15.4. The maximum atomic E-state index is 2.45. The summed E-state index contributed by atoms with van der Waals surface area (Å²) in [6, 6.07) is 49.2. The molecule has 7 aromatic rings. The zero-order valence-electron chi connectivity index (χ0n) is 23.0. The molecule has 6 aromatic carbocycles. The van der Waals surface area contributed by atoms with Gasteiger partial charge in [0.15, 0.2) is 0 Å². The van der Waals surface area contributed by atoms with Crippen LogP contribution < -0.4 is 0 Å². The molecule has 1 aliphatic carbocycles. The molecule has 0 bridgehead atoms. The standard InChI is InChI=1S/C40H27NS/c1-2-13-31(14-3-1)41-36-17-5-4-15-32(36)33-21-19-30(25-37(33)41)28-12-6-11-27(23-28)29-20-22-38-35(24-29)34-16-7-9-26-10-8-18-39(42-38)40(26)34/h1-15,17-25,34H,16H2. The highest BCUT2D eigenvalue weighted by Gasteiger charge is 2.29. The lowest BCUT2D eigenvalue weighted by Crippen LogP contribution is -2.12. The maximum absolute atomic E-state index is 2.45. The summed E-state index contributed by atoms with van der Waals surface area (Å²) in [6.07, 6.45) is 5.70. The second-order valence-electron chi connectivity index (χ2n) is 11.3. The van der Waals surface area contributed by atoms with Crippen molar-refractivity contribution in [2.45, 2.75) is 22.1 Å². The Morgan fingerprint density at radius 1 is 0.548 bits per heavy atom. The molecule has 9 rings (SSSR count). The van der Waals surface area contributed by atoms with Gasteiger partial charge in [-0.1, -0.05) is 109 Å². The molecule has 0 fully saturated rings. The molecule has 2 aliphatic rings. The van der Waals surface area contributed by atoms with Crippen LogP contribution in [-0.2, 0) is 0 Å². The van der Waals surface area contributed by atoms with Gasteiger partial charge in [-0.2, -0.15) is 0 Å². The molecule has 0 spiro atoms. The predicted octanol–water partition coefficient (Wildman–Crippen LogP) is 11.1. The van der Waals surface area contributed by atoms with E-state index in [9.17, 15) is 0 Å². The fourth-order valence-corrected chi connectivity index (χ4v) is 8.20. The quantitative estimate of drug-likeness (QED) is 0.211. The van der Waals surface area contributed by atoms with E-state index in [1.54, 1.807) is 0 Å². The number of benzene rings is 6. The molecular formula is C40H27NS. The van der Waals surface area contributed by atoms with Crippen LogP contribution in [0, 0.1) is 0 Å². The van der Waals surface area contributed by atoms with Crippen LogP contribution in [0.15, 0.2) is 149 Å². The van der Waals surface area contributed by atoms with E-state index in [1.165, 1.54) is 76.2 Å². The van der Waals surface area contributed by atoms with Gasteiger partial charge < -0.3 is 4.57 Å². The monoisotopic (exact) mass is 553 g/mol. The van der Waals surface area contributed by atoms with Gasteiger partial charge in [0.25, 0.3) is 0 Å². The summed E-state index contributed by atoms with van der Waals surface area (Å²) in [7, 11) is 0. The third-order valence-electron chi connectivity index (χ3n) is 8.94. The van der Waals surface area contributed by atoms with Crippen LogP contribution in [-0.4, -0.2) is 4.57 Å². The van der Waals surface area contributed by atoms with Gasteiger partial charge in [-0.05, 0) is 93.9 Å². The number of hydrogen-bond donors (Lipinski definition) is 0. The highest BCUT2D eigenvalue weighted by atomic mass is 32.2. The molecule has 0 saturated heterocycles. The van der Waals surface area contributed by atoms with Crippen LogP contribution in [0.5, 0.6) is 0 Å². The Balaban J connectivity index is 1.15. The van der Waals surface area contributed by atoms with Gasteiger partial charge in [0.2, 0.25) is 0 Å². The molecule has 2 heterocycles. The van der Waals surface area contributed by atoms with Crippen molar-refractivity contribution in [1.82, 2.24) is 4.57 Å². The van der Waals surface area contributed by atoms with E-state index in [-0.39, 0.29) is 0 Å². The lowest BCUT2D eigenvalue weighted by atomic mass is 9.81. The molecule has 0 saturated carbocycles. The summed E-state index contributed by atoms with van der Waals surface area (Å²) in [4.78, 5) is 2.80. The Hall–Kier alpha value is -4.79. The van der Waals surface area contributed by atoms with Gasteiger partial charge in [-0.3, -0.25) is 0 Å². The molecule has 198 valence electrons. The number of hydrogen-bond acceptors (Lipinski definition) is 1. The number of fused-ring (bicyclic) bond motifs is 5. The first kappa shape index (κ1) is 23.9. The number of aromatic nitrogens is 1. The summed E-state index contributed by atoms with van der Waals surface area (Å²) < 4.78 is 2.39. The Morgan fingerprint density at radius 2 is 1.29 bits per heavy atom. The van der Waals surface area contributed by atoms with Crippen molar-refractivity contribution in [3.63, 3.8) is 0 Å². The Kier molecular flexibility index (Phi) is 5.33. The highest BCUT2D eigenvalue weighted by Crippen LogP contribution is 2.51. The number of allylic oxidation sites excluding steroid dienone is 1. The van der Waals surface area contributed by atoms with Gasteiger partial charge in [-0.25, -0.2) is 0 Å². The fraction of sp³-hybridized carbons (Fsp3) is 0.0500. The summed E-state index contributed by atoms with van der Waals surface area (Å²) in [5, 5.41) is 2.56. The molecule has 0 N–H and O–H groups in total. The van der Waals surface area contributed by atoms with Crippen molar-refractivity contribution in [3.05, 3.63) is 156 Å². The molecule has 0 amide bonds. The average molecular weight is 554 g/mol. The fourth-order valence-electron chi connectivity index (χ4n) is 7.00. The third kappa shape index (κ3) is 3.65. The first-order chi connectivity index (χ1) is 20.8. The minimum absolute atomic E-state index is 0.433. The summed E-state index contributed by atoms with van der Waals surface area (Å²) in [5.74, 6) is 0.433. The number of para-hydroxylation sites is 2. The van der Waals surface area contributed by atoms with Crippen molar-refractivity contribution in [1.29, 1.82) is 0 Å². The summed E-state index contributed by atoms with van der Waals surface area (Å²) >= 11 is 1.92. The van der Waals surface area contributed by atoms with E-state index in [0.717, 1.165) is 6.42 Å². The molecular weight excluding hydrogens is 527 g/mol. The van der Waals surface area contributed by atoms with Crippen LogP contribution >= 0.6 is 11.8 Å². The molecule has 1 nitrogen and oxygen atoms in total. The van der Waals surface area contributed by atoms with Gasteiger partial charge in [-0.15, -0.1) is 0 Å². The Bertz CT molecular complexity index is 2200. The van der Waals surface area contributed by atoms with Gasteiger partial charge in [0.05, 0.1) is 11.0 Å². The van der Waals surface area contributed by atoms with Crippen LogP contribution in [0.25, 0.3) is 55.8 Å². The van der Waals surface area contributed by atoms with Crippen LogP contribution in [0.3, 0.4) is 0 Å². The zero-order chi connectivity index (χ0) is 27.6. The lowest BCUT2D eigenvalue weighted by Gasteiger charge is -2.31. The lowest BCUT2D eigenvalue weighted by molar-refractivity contribution is 0.773. The zero-order valence-corrected chi connectivity index (χ0v) is 23.8. The van der Waals surface area contributed by atoms with Crippen LogP contribution in [0.1, 0.15) is 29.0 Å². The average Bonchev–Trinajstić information content (AvgIpc) is 3.39. The topological polar surface area (TPSA) is 4.93 Å². The van der Waals surface area contributed by atoms with Crippen molar-refractivity contribution in [2.24, 2.45) is 0 Å². The highest BCUT2D eigenvalue weighted by molar-refractivity contribution is 7.99. The minimum atomic E-state index is 0.433. The third-order valence-corrected chi connectivity index (χ3v) is 10.1. The first-order valence-electron chi connectivity index (χ1n) is 14.6. The maximum Gasteiger partial charge on any atom is 0.0547 e. The van der Waals surface area contributed by atoms with E-state index in [4.69, 9.17) is 0 Å². The van der Waals surface area contributed by atoms with Gasteiger partial charge in [0.1, 0.15) is 0 Å². The minimum Gasteiger partial charge on any atom is -0.309 e. The predicted molar refractivity (Wildman–Crippen MR) is 178 cm³/mol. The second kappa shape index (κ2) is 9.37. The second-order valence-corrected chi connectivity index (χ2v) is 12.4. The van der Waals surface area contributed by atoms with Crippen LogP contribution in [0.4, 0.5) is 0 Å². The largest absolute Gasteiger partial charge is 0.309 e. The van der Waals surface area contributed by atoms with E-state index < -0.39 is 0 Å². The van der Waals surface area contributed by atoms with Gasteiger partial charge in [0, 0.05) is 32.2 Å². The molecule has 42 heavy (non-hydrogen) atoms. The summed E-state index contributed by atoms with van der Waals surface area (Å²) in [6.45, 7) is 0. The molecule has 1 atom stereocenters. The van der Waals surface area contributed by atoms with Crippen molar-refractivity contribution in [2.75, 3.05) is 0 Å². The van der Waals surface area contributed by atoms with E-state index in [2.05, 4.69) is 150 Å². The van der Waals surface area contributed by atoms with Gasteiger partial charge >= 0.3 is 0 Å². The number of nitrogens with zero attached hydrogens (tertiary/aromatic N) is 1. The Morgan fingerprint density at radius 3 is 2.19 bits per heavy atom. The molecule has 2 heteroatoms. The molecule has 0 radical (unpaired) electrons. The smallest absolute Gasteiger partial charge is 0.0547 e. The Labute approximate surface area is 249 Å².